The molecule has 8 nitrogen and oxygen atoms in total. The van der Waals surface area contributed by atoms with Crippen LogP contribution in [0.15, 0.2) is 30.6 Å². The van der Waals surface area contributed by atoms with E-state index in [2.05, 4.69) is 9.97 Å². The van der Waals surface area contributed by atoms with Crippen LogP contribution < -0.4 is 9.47 Å². The van der Waals surface area contributed by atoms with Crippen LogP contribution in [0.25, 0.3) is 0 Å². The first-order valence-corrected chi connectivity index (χ1v) is 10.0. The summed E-state index contributed by atoms with van der Waals surface area (Å²) in [6, 6.07) is 5.03. The number of Topliss-reactive ketones (excluding diaryl/α,β-unsaturated/α-hetero) is 1. The van der Waals surface area contributed by atoms with Crippen molar-refractivity contribution in [2.45, 2.75) is 33.3 Å². The average Bonchev–Trinajstić information content (AvgIpc) is 2.66. The molecule has 160 valence electrons. The van der Waals surface area contributed by atoms with Crippen molar-refractivity contribution in [3.63, 3.8) is 0 Å². The van der Waals surface area contributed by atoms with Gasteiger partial charge in [0.2, 0.25) is 5.88 Å². The van der Waals surface area contributed by atoms with E-state index in [1.807, 2.05) is 20.8 Å². The molecule has 2 heterocycles. The van der Waals surface area contributed by atoms with Gasteiger partial charge in [-0.15, -0.1) is 0 Å². The van der Waals surface area contributed by atoms with Gasteiger partial charge in [0.1, 0.15) is 23.3 Å². The number of hydrogen-bond donors (Lipinski definition) is 0. The number of aromatic nitrogens is 2. The third-order valence-electron chi connectivity index (χ3n) is 4.64. The van der Waals surface area contributed by atoms with Crippen molar-refractivity contribution >= 4 is 11.7 Å². The highest BCUT2D eigenvalue weighted by atomic mass is 16.5. The van der Waals surface area contributed by atoms with Gasteiger partial charge in [-0.2, -0.15) is 0 Å². The molecule has 1 aromatic heterocycles. The minimum Gasteiger partial charge on any atom is -0.488 e. The number of rotatable bonds is 9. The highest BCUT2D eigenvalue weighted by Crippen LogP contribution is 2.28. The molecule has 0 radical (unpaired) electrons. The minimum atomic E-state index is -0.196. The number of likely N-dealkylation sites (tertiary alicyclic amines) is 1. The van der Waals surface area contributed by atoms with Crippen molar-refractivity contribution < 1.29 is 23.8 Å². The zero-order valence-electron chi connectivity index (χ0n) is 17.8. The van der Waals surface area contributed by atoms with Crippen molar-refractivity contribution in [1.82, 2.24) is 14.9 Å². The fourth-order valence-electron chi connectivity index (χ4n) is 2.96. The van der Waals surface area contributed by atoms with Crippen molar-refractivity contribution in [2.24, 2.45) is 5.92 Å². The van der Waals surface area contributed by atoms with Crippen LogP contribution in [0.4, 0.5) is 0 Å². The maximum atomic E-state index is 12.5. The molecule has 0 aliphatic carbocycles. The van der Waals surface area contributed by atoms with Gasteiger partial charge in [-0.1, -0.05) is 13.8 Å². The fraction of sp³-hybridized carbons (Fsp3) is 0.455. The van der Waals surface area contributed by atoms with Gasteiger partial charge < -0.3 is 19.1 Å². The lowest BCUT2D eigenvalue weighted by Gasteiger charge is -2.30. The highest BCUT2D eigenvalue weighted by molar-refractivity contribution is 5.98. The summed E-state index contributed by atoms with van der Waals surface area (Å²) in [6.07, 6.45) is 3.62. The molecule has 0 bridgehead atoms. The maximum absolute atomic E-state index is 12.5. The summed E-state index contributed by atoms with van der Waals surface area (Å²) in [5, 5.41) is 0. The summed E-state index contributed by atoms with van der Waals surface area (Å²) in [6.45, 7) is 7.46. The van der Waals surface area contributed by atoms with Gasteiger partial charge in [0.25, 0.3) is 5.91 Å². The monoisotopic (exact) mass is 413 g/mol. The normalized spacial score (nSPS) is 14.2. The van der Waals surface area contributed by atoms with Crippen molar-refractivity contribution in [3.05, 3.63) is 41.9 Å². The molecule has 3 rings (SSSR count). The number of benzene rings is 1. The number of hydrogen-bond acceptors (Lipinski definition) is 7. The van der Waals surface area contributed by atoms with Gasteiger partial charge in [0.05, 0.1) is 19.0 Å². The molecule has 1 atom stereocenters. The summed E-state index contributed by atoms with van der Waals surface area (Å²) < 4.78 is 16.8. The second kappa shape index (κ2) is 9.67. The molecule has 1 saturated heterocycles. The predicted octanol–water partition coefficient (Wildman–Crippen LogP) is 3.37. The molecule has 0 saturated carbocycles. The van der Waals surface area contributed by atoms with Gasteiger partial charge in [-0.05, 0) is 25.5 Å². The minimum absolute atomic E-state index is 0.0220. The second-order valence-electron chi connectivity index (χ2n) is 7.58. The molecule has 0 N–H and O–H groups in total. The molecule has 1 fully saturated rings. The fourth-order valence-corrected chi connectivity index (χ4v) is 2.96. The van der Waals surface area contributed by atoms with E-state index in [1.54, 1.807) is 30.2 Å². The van der Waals surface area contributed by atoms with Crippen LogP contribution in [0.5, 0.6) is 17.4 Å². The lowest BCUT2D eigenvalue weighted by molar-refractivity contribution is 0.0645. The Balaban J connectivity index is 1.80. The third kappa shape index (κ3) is 5.33. The first kappa shape index (κ1) is 21.7. The molecular formula is C22H27N3O5. The third-order valence-corrected chi connectivity index (χ3v) is 4.64. The van der Waals surface area contributed by atoms with Crippen LogP contribution >= 0.6 is 0 Å². The molecule has 1 aliphatic heterocycles. The molecule has 0 unspecified atom stereocenters. The van der Waals surface area contributed by atoms with Gasteiger partial charge in [-0.3, -0.25) is 9.59 Å². The van der Waals surface area contributed by atoms with Gasteiger partial charge in [-0.25, -0.2) is 9.97 Å². The summed E-state index contributed by atoms with van der Waals surface area (Å²) in [5.74, 6) is 0.797. The van der Waals surface area contributed by atoms with E-state index in [1.165, 1.54) is 12.4 Å². The van der Waals surface area contributed by atoms with Crippen LogP contribution in [0.2, 0.25) is 0 Å². The lowest BCUT2D eigenvalue weighted by atomic mass is 10.0. The molecule has 1 amide bonds. The Kier molecular flexibility index (Phi) is 6.99. The molecule has 8 heteroatoms. The van der Waals surface area contributed by atoms with E-state index in [9.17, 15) is 9.59 Å². The maximum Gasteiger partial charge on any atom is 0.274 e. The Morgan fingerprint density at radius 1 is 1.07 bits per heavy atom. The predicted molar refractivity (Wildman–Crippen MR) is 110 cm³/mol. The van der Waals surface area contributed by atoms with Crippen molar-refractivity contribution in [2.75, 3.05) is 26.8 Å². The lowest BCUT2D eigenvalue weighted by Crippen LogP contribution is -2.42. The Bertz CT molecular complexity index is 894. The smallest absolute Gasteiger partial charge is 0.274 e. The van der Waals surface area contributed by atoms with Crippen LogP contribution in [-0.2, 0) is 4.74 Å². The van der Waals surface area contributed by atoms with Crippen molar-refractivity contribution in [3.8, 4) is 17.4 Å². The highest BCUT2D eigenvalue weighted by Gasteiger charge is 2.23. The zero-order chi connectivity index (χ0) is 21.7. The number of methoxy groups -OCH3 is 1. The number of carbonyl (C=O) groups is 2. The Morgan fingerprint density at radius 3 is 2.37 bits per heavy atom. The molecule has 1 aromatic carbocycles. The zero-order valence-corrected chi connectivity index (χ0v) is 17.8. The quantitative estimate of drug-likeness (QED) is 0.582. The van der Waals surface area contributed by atoms with Gasteiger partial charge in [0.15, 0.2) is 5.78 Å². The first-order valence-electron chi connectivity index (χ1n) is 10.0. The summed E-state index contributed by atoms with van der Waals surface area (Å²) in [5.41, 5.74) is 0.767. The summed E-state index contributed by atoms with van der Waals surface area (Å²) in [7, 11) is 1.60. The number of amides is 1. The average molecular weight is 413 g/mol. The van der Waals surface area contributed by atoms with E-state index in [0.717, 1.165) is 19.5 Å². The molecule has 2 aromatic rings. The number of ketones is 1. The Labute approximate surface area is 176 Å². The SMILES string of the molecule is COC[C@H](C)Oc1cc(Oc2cnc(C(=O)N3CCC3)cn2)cc(C(=O)C(C)C)c1. The van der Waals surface area contributed by atoms with Crippen LogP contribution in [0.3, 0.4) is 0 Å². The van der Waals surface area contributed by atoms with Gasteiger partial charge >= 0.3 is 0 Å². The molecule has 1 aliphatic rings. The van der Waals surface area contributed by atoms with E-state index in [-0.39, 0.29) is 35.3 Å². The summed E-state index contributed by atoms with van der Waals surface area (Å²) >= 11 is 0. The van der Waals surface area contributed by atoms with Crippen LogP contribution in [0, 0.1) is 5.92 Å². The molecule has 30 heavy (non-hydrogen) atoms. The Morgan fingerprint density at radius 2 is 1.80 bits per heavy atom. The van der Waals surface area contributed by atoms with E-state index in [0.29, 0.717) is 23.7 Å². The van der Waals surface area contributed by atoms with Crippen molar-refractivity contribution in [1.29, 1.82) is 0 Å². The van der Waals surface area contributed by atoms with Crippen LogP contribution in [-0.4, -0.2) is 59.5 Å². The van der Waals surface area contributed by atoms with Crippen LogP contribution in [0.1, 0.15) is 48.0 Å². The standard InChI is InChI=1S/C22H27N3O5/c1-14(2)21(26)16-8-17(29-15(3)13-28-4)10-18(9-16)30-20-12-23-19(11-24-20)22(27)25-6-5-7-25/h8-12,14-15H,5-7,13H2,1-4H3/t15-/m0/s1. The van der Waals surface area contributed by atoms with E-state index < -0.39 is 0 Å². The first-order chi connectivity index (χ1) is 14.4. The molecular weight excluding hydrogens is 386 g/mol. The number of nitrogens with zero attached hydrogens (tertiary/aromatic N) is 3. The number of carbonyl (C=O) groups excluding carboxylic acids is 2. The number of ether oxygens (including phenoxy) is 3. The molecule has 0 spiro atoms. The van der Waals surface area contributed by atoms with E-state index >= 15 is 0 Å². The second-order valence-corrected chi connectivity index (χ2v) is 7.58. The van der Waals surface area contributed by atoms with E-state index in [4.69, 9.17) is 14.2 Å². The largest absolute Gasteiger partial charge is 0.488 e. The summed E-state index contributed by atoms with van der Waals surface area (Å²) in [4.78, 5) is 34.8. The van der Waals surface area contributed by atoms with Gasteiger partial charge in [0, 0.05) is 37.7 Å². The Hall–Kier alpha value is -3.00. The topological polar surface area (TPSA) is 90.8 Å².